The molecule has 0 aliphatic heterocycles. The van der Waals surface area contributed by atoms with Crippen LogP contribution in [0.1, 0.15) is 30.6 Å². The highest BCUT2D eigenvalue weighted by atomic mass is 32.2. The molecule has 3 rings (SSSR count). The summed E-state index contributed by atoms with van der Waals surface area (Å²) >= 11 is 0. The fourth-order valence-electron chi connectivity index (χ4n) is 2.69. The summed E-state index contributed by atoms with van der Waals surface area (Å²) < 4.78 is 36.2. The van der Waals surface area contributed by atoms with E-state index in [-0.39, 0.29) is 16.9 Å². The lowest BCUT2D eigenvalue weighted by molar-refractivity contribution is -0.124. The molecule has 0 fully saturated rings. The van der Waals surface area contributed by atoms with Crippen LogP contribution in [0.2, 0.25) is 0 Å². The molecule has 11 heteroatoms. The fourth-order valence-corrected chi connectivity index (χ4v) is 3.68. The topological polar surface area (TPSA) is 145 Å². The number of nitrogens with zero attached hydrogens (tertiary/aromatic N) is 1. The third kappa shape index (κ3) is 5.25. The first kappa shape index (κ1) is 22.0. The van der Waals surface area contributed by atoms with Gasteiger partial charge < -0.3 is 14.5 Å². The maximum atomic E-state index is 12.5. The average Bonchev–Trinajstić information content (AvgIpc) is 3.19. The molecule has 2 aromatic carbocycles. The van der Waals surface area contributed by atoms with Gasteiger partial charge in [-0.05, 0) is 48.9 Å². The normalized spacial score (nSPS) is 12.2. The number of hydrogen-bond acceptors (Lipinski definition) is 8. The van der Waals surface area contributed by atoms with Gasteiger partial charge in [0.1, 0.15) is 5.52 Å². The van der Waals surface area contributed by atoms with Crippen LogP contribution in [-0.4, -0.2) is 37.3 Å². The minimum absolute atomic E-state index is 0.137. The molecule has 0 spiro atoms. The summed E-state index contributed by atoms with van der Waals surface area (Å²) in [6.45, 7) is 2.77. The van der Waals surface area contributed by atoms with E-state index in [2.05, 4.69) is 10.3 Å². The van der Waals surface area contributed by atoms with Crippen LogP contribution in [0.4, 0.5) is 5.69 Å². The number of nitrogens with one attached hydrogen (secondary N) is 2. The summed E-state index contributed by atoms with van der Waals surface area (Å²) in [4.78, 5) is 39.8. The van der Waals surface area contributed by atoms with E-state index in [0.717, 1.165) is 6.92 Å². The van der Waals surface area contributed by atoms with Crippen molar-refractivity contribution in [1.29, 1.82) is 0 Å². The third-order valence-corrected chi connectivity index (χ3v) is 5.64. The van der Waals surface area contributed by atoms with Crippen molar-refractivity contribution in [1.82, 2.24) is 9.71 Å². The Morgan fingerprint density at radius 2 is 1.84 bits per heavy atom. The van der Waals surface area contributed by atoms with Crippen molar-refractivity contribution >= 4 is 44.6 Å². The summed E-state index contributed by atoms with van der Waals surface area (Å²) in [7, 11) is -3.98. The lowest BCUT2D eigenvalue weighted by Gasteiger charge is -2.16. The Morgan fingerprint density at radius 1 is 1.13 bits per heavy atom. The summed E-state index contributed by atoms with van der Waals surface area (Å²) in [6, 6.07) is 9.79. The van der Waals surface area contributed by atoms with E-state index in [1.807, 2.05) is 4.72 Å². The van der Waals surface area contributed by atoms with Crippen molar-refractivity contribution in [3.8, 4) is 0 Å². The van der Waals surface area contributed by atoms with Crippen LogP contribution in [0.3, 0.4) is 0 Å². The third-order valence-electron chi connectivity index (χ3n) is 4.19. The molecule has 1 atom stereocenters. The first-order valence-electron chi connectivity index (χ1n) is 9.18. The van der Waals surface area contributed by atoms with Gasteiger partial charge >= 0.3 is 5.97 Å². The highest BCUT2D eigenvalue weighted by Gasteiger charge is 2.23. The average molecular weight is 445 g/mol. The Balaban J connectivity index is 1.66. The number of ether oxygens (including phenoxy) is 1. The molecule has 10 nitrogen and oxygen atoms in total. The highest BCUT2D eigenvalue weighted by molar-refractivity contribution is 7.90. The van der Waals surface area contributed by atoms with Crippen molar-refractivity contribution in [3.05, 3.63) is 54.4 Å². The fraction of sp³-hybridized carbons (Fsp3) is 0.200. The van der Waals surface area contributed by atoms with E-state index in [4.69, 9.17) is 9.15 Å². The molecule has 0 saturated heterocycles. The van der Waals surface area contributed by atoms with Crippen LogP contribution >= 0.6 is 0 Å². The predicted molar refractivity (Wildman–Crippen MR) is 110 cm³/mol. The van der Waals surface area contributed by atoms with E-state index in [9.17, 15) is 22.8 Å². The molecule has 3 aromatic rings. The molecule has 0 aliphatic rings. The Hall–Kier alpha value is -3.73. The predicted octanol–water partition coefficient (Wildman–Crippen LogP) is 2.23. The van der Waals surface area contributed by atoms with Gasteiger partial charge in [0.2, 0.25) is 5.91 Å². The molecule has 1 aromatic heterocycles. The molecule has 0 saturated carbocycles. The molecule has 0 bridgehead atoms. The van der Waals surface area contributed by atoms with Gasteiger partial charge in [-0.25, -0.2) is 22.9 Å². The SMILES string of the molecule is CCC(OC(=O)c1ccc2ncoc2c1)C(=O)Nc1ccc(S(=O)(=O)NC(C)=O)cc1. The second-order valence-corrected chi connectivity index (χ2v) is 8.19. The summed E-state index contributed by atoms with van der Waals surface area (Å²) in [5, 5.41) is 2.57. The number of fused-ring (bicyclic) bond motifs is 1. The van der Waals surface area contributed by atoms with Crippen molar-refractivity contribution in [2.24, 2.45) is 0 Å². The smallest absolute Gasteiger partial charge is 0.339 e. The number of carbonyl (C=O) groups excluding carboxylic acids is 3. The van der Waals surface area contributed by atoms with Crippen molar-refractivity contribution in [2.75, 3.05) is 5.32 Å². The molecule has 0 aliphatic carbocycles. The zero-order chi connectivity index (χ0) is 22.6. The Labute approximate surface area is 177 Å². The van der Waals surface area contributed by atoms with E-state index in [1.54, 1.807) is 13.0 Å². The second kappa shape index (κ2) is 8.96. The molecule has 1 heterocycles. The number of anilines is 1. The summed E-state index contributed by atoms with van der Waals surface area (Å²) in [5.74, 6) is -1.99. The van der Waals surface area contributed by atoms with Crippen LogP contribution in [0, 0.1) is 0 Å². The largest absolute Gasteiger partial charge is 0.449 e. The number of aromatic nitrogens is 1. The van der Waals surface area contributed by atoms with Gasteiger partial charge in [0.05, 0.1) is 10.5 Å². The van der Waals surface area contributed by atoms with Gasteiger partial charge in [0, 0.05) is 12.6 Å². The minimum Gasteiger partial charge on any atom is -0.449 e. The lowest BCUT2D eigenvalue weighted by atomic mass is 10.2. The van der Waals surface area contributed by atoms with E-state index in [1.165, 1.54) is 42.8 Å². The molecular formula is C20H19N3O7S. The van der Waals surface area contributed by atoms with Crippen molar-refractivity contribution < 1.29 is 32.0 Å². The maximum absolute atomic E-state index is 12.5. The standard InChI is InChI=1S/C20H19N3O7S/c1-3-17(30-20(26)13-4-9-16-18(10-13)29-11-21-16)19(25)22-14-5-7-15(8-6-14)31(27,28)23-12(2)24/h4-11,17H,3H2,1-2H3,(H,22,25)(H,23,24). The van der Waals surface area contributed by atoms with Gasteiger partial charge in [-0.2, -0.15) is 0 Å². The van der Waals surface area contributed by atoms with Crippen molar-refractivity contribution in [3.63, 3.8) is 0 Å². The number of benzene rings is 2. The molecule has 31 heavy (non-hydrogen) atoms. The number of sulfonamides is 1. The number of amides is 2. The summed E-state index contributed by atoms with van der Waals surface area (Å²) in [5.41, 5.74) is 1.51. The number of carbonyl (C=O) groups is 3. The molecule has 2 N–H and O–H groups in total. The Bertz CT molecular complexity index is 1230. The zero-order valence-corrected chi connectivity index (χ0v) is 17.4. The number of oxazole rings is 1. The monoisotopic (exact) mass is 445 g/mol. The van der Waals surface area contributed by atoms with Gasteiger partial charge in [-0.1, -0.05) is 6.92 Å². The van der Waals surface area contributed by atoms with Crippen LogP contribution in [0.25, 0.3) is 11.1 Å². The van der Waals surface area contributed by atoms with Crippen LogP contribution in [0.5, 0.6) is 0 Å². The number of hydrogen-bond donors (Lipinski definition) is 2. The van der Waals surface area contributed by atoms with Gasteiger partial charge in [-0.3, -0.25) is 9.59 Å². The number of esters is 1. The minimum atomic E-state index is -3.98. The lowest BCUT2D eigenvalue weighted by Crippen LogP contribution is -2.32. The first-order valence-corrected chi connectivity index (χ1v) is 10.7. The zero-order valence-electron chi connectivity index (χ0n) is 16.6. The van der Waals surface area contributed by atoms with E-state index < -0.39 is 33.9 Å². The van der Waals surface area contributed by atoms with Crippen molar-refractivity contribution in [2.45, 2.75) is 31.3 Å². The molecule has 162 valence electrons. The highest BCUT2D eigenvalue weighted by Crippen LogP contribution is 2.18. The van der Waals surface area contributed by atoms with Crippen LogP contribution < -0.4 is 10.0 Å². The maximum Gasteiger partial charge on any atom is 0.339 e. The first-order chi connectivity index (χ1) is 14.7. The molecule has 2 amide bonds. The second-order valence-electron chi connectivity index (χ2n) is 6.51. The molecule has 0 radical (unpaired) electrons. The Morgan fingerprint density at radius 3 is 2.48 bits per heavy atom. The van der Waals surface area contributed by atoms with E-state index >= 15 is 0 Å². The van der Waals surface area contributed by atoms with Crippen LogP contribution in [-0.2, 0) is 24.3 Å². The van der Waals surface area contributed by atoms with Gasteiger partial charge in [-0.15, -0.1) is 0 Å². The van der Waals surface area contributed by atoms with E-state index in [0.29, 0.717) is 16.8 Å². The molecular weight excluding hydrogens is 426 g/mol. The number of rotatable bonds is 7. The van der Waals surface area contributed by atoms with Gasteiger partial charge in [0.25, 0.3) is 15.9 Å². The summed E-state index contributed by atoms with van der Waals surface area (Å²) in [6.07, 6.45) is 0.409. The Kier molecular flexibility index (Phi) is 6.35. The van der Waals surface area contributed by atoms with Crippen LogP contribution in [0.15, 0.2) is 58.2 Å². The quantitative estimate of drug-likeness (QED) is 0.527. The van der Waals surface area contributed by atoms with Gasteiger partial charge in [0.15, 0.2) is 18.1 Å². The molecule has 1 unspecified atom stereocenters.